The molecule has 0 saturated heterocycles. The number of hydrogen-bond acceptors (Lipinski definition) is 5. The van der Waals surface area contributed by atoms with Crippen LogP contribution in [-0.2, 0) is 23.8 Å². The first-order valence-electron chi connectivity index (χ1n) is 5.44. The van der Waals surface area contributed by atoms with E-state index < -0.39 is 17.2 Å². The van der Waals surface area contributed by atoms with Gasteiger partial charge in [0.15, 0.2) is 5.78 Å². The number of Topliss-reactive ketones (excluding diaryl/α,β-unsaturated/α-hetero) is 1. The molecule has 0 aliphatic carbocycles. The SMILES string of the molecule is COC[C@@](C)(OC)C(=O)CC(=O)OC(C)(C)C. The Balaban J connectivity index is 4.47. The zero-order chi connectivity index (χ0) is 13.7. The molecule has 0 fully saturated rings. The predicted octanol–water partition coefficient (Wildman–Crippen LogP) is 1.34. The zero-order valence-electron chi connectivity index (χ0n) is 11.5. The molecule has 5 nitrogen and oxygen atoms in total. The average molecular weight is 246 g/mol. The fourth-order valence-electron chi connectivity index (χ4n) is 1.22. The third-order valence-electron chi connectivity index (χ3n) is 2.19. The lowest BCUT2D eigenvalue weighted by Gasteiger charge is -2.26. The summed E-state index contributed by atoms with van der Waals surface area (Å²) in [7, 11) is 2.88. The highest BCUT2D eigenvalue weighted by atomic mass is 16.6. The first-order chi connectivity index (χ1) is 7.64. The molecule has 0 aromatic heterocycles. The van der Waals surface area contributed by atoms with Crippen molar-refractivity contribution in [1.82, 2.24) is 0 Å². The summed E-state index contributed by atoms with van der Waals surface area (Å²) in [6.07, 6.45) is -0.315. The van der Waals surface area contributed by atoms with Crippen LogP contribution >= 0.6 is 0 Å². The fraction of sp³-hybridized carbons (Fsp3) is 0.833. The van der Waals surface area contributed by atoms with Crippen molar-refractivity contribution < 1.29 is 23.8 Å². The van der Waals surface area contributed by atoms with Gasteiger partial charge in [0.1, 0.15) is 17.6 Å². The molecule has 0 N–H and O–H groups in total. The van der Waals surface area contributed by atoms with Crippen molar-refractivity contribution in [2.45, 2.75) is 45.3 Å². The van der Waals surface area contributed by atoms with E-state index in [2.05, 4.69) is 0 Å². The van der Waals surface area contributed by atoms with E-state index in [0.29, 0.717) is 0 Å². The quantitative estimate of drug-likeness (QED) is 0.523. The molecule has 0 spiro atoms. The van der Waals surface area contributed by atoms with Crippen molar-refractivity contribution in [2.75, 3.05) is 20.8 Å². The molecule has 0 saturated carbocycles. The minimum absolute atomic E-state index is 0.102. The highest BCUT2D eigenvalue weighted by molar-refractivity contribution is 6.00. The number of carbonyl (C=O) groups excluding carboxylic acids is 2. The summed E-state index contributed by atoms with van der Waals surface area (Å²) in [4.78, 5) is 23.4. The van der Waals surface area contributed by atoms with Crippen LogP contribution in [0.15, 0.2) is 0 Å². The van der Waals surface area contributed by atoms with Gasteiger partial charge in [0.25, 0.3) is 0 Å². The summed E-state index contributed by atoms with van der Waals surface area (Å²) in [6.45, 7) is 6.94. The summed E-state index contributed by atoms with van der Waals surface area (Å²) in [5, 5.41) is 0. The van der Waals surface area contributed by atoms with Crippen molar-refractivity contribution in [3.63, 3.8) is 0 Å². The van der Waals surface area contributed by atoms with Gasteiger partial charge in [-0.05, 0) is 27.7 Å². The van der Waals surface area contributed by atoms with Crippen LogP contribution in [0.3, 0.4) is 0 Å². The molecule has 0 radical (unpaired) electrons. The Morgan fingerprint density at radius 1 is 1.06 bits per heavy atom. The lowest BCUT2D eigenvalue weighted by molar-refractivity contribution is -0.161. The van der Waals surface area contributed by atoms with Crippen LogP contribution in [-0.4, -0.2) is 43.8 Å². The molecule has 0 amide bonds. The largest absolute Gasteiger partial charge is 0.460 e. The Labute approximate surface area is 102 Å². The first kappa shape index (κ1) is 16.1. The van der Waals surface area contributed by atoms with Crippen LogP contribution < -0.4 is 0 Å². The van der Waals surface area contributed by atoms with Crippen LogP contribution in [0.5, 0.6) is 0 Å². The molecular formula is C12H22O5. The van der Waals surface area contributed by atoms with Gasteiger partial charge in [-0.1, -0.05) is 0 Å². The van der Waals surface area contributed by atoms with E-state index in [1.54, 1.807) is 27.7 Å². The molecule has 100 valence electrons. The van der Waals surface area contributed by atoms with Crippen molar-refractivity contribution in [3.05, 3.63) is 0 Å². The number of ether oxygens (including phenoxy) is 3. The van der Waals surface area contributed by atoms with Gasteiger partial charge >= 0.3 is 5.97 Å². The molecule has 0 unspecified atom stereocenters. The van der Waals surface area contributed by atoms with Gasteiger partial charge in [-0.25, -0.2) is 0 Å². The van der Waals surface area contributed by atoms with E-state index in [1.165, 1.54) is 14.2 Å². The van der Waals surface area contributed by atoms with Gasteiger partial charge in [-0.3, -0.25) is 9.59 Å². The van der Waals surface area contributed by atoms with Crippen LogP contribution in [0.2, 0.25) is 0 Å². The summed E-state index contributed by atoms with van der Waals surface area (Å²) < 4.78 is 15.1. The summed E-state index contributed by atoms with van der Waals surface area (Å²) >= 11 is 0. The van der Waals surface area contributed by atoms with E-state index in [1.807, 2.05) is 0 Å². The first-order valence-corrected chi connectivity index (χ1v) is 5.44. The number of ketones is 1. The van der Waals surface area contributed by atoms with Gasteiger partial charge in [0, 0.05) is 14.2 Å². The number of methoxy groups -OCH3 is 2. The van der Waals surface area contributed by atoms with Crippen LogP contribution in [0.25, 0.3) is 0 Å². The Hall–Kier alpha value is -0.940. The van der Waals surface area contributed by atoms with E-state index >= 15 is 0 Å². The molecule has 0 aromatic carbocycles. The Kier molecular flexibility index (Phi) is 5.78. The van der Waals surface area contributed by atoms with E-state index in [9.17, 15) is 9.59 Å². The smallest absolute Gasteiger partial charge is 0.313 e. The van der Waals surface area contributed by atoms with E-state index in [-0.39, 0.29) is 18.8 Å². The highest BCUT2D eigenvalue weighted by Gasteiger charge is 2.35. The third-order valence-corrected chi connectivity index (χ3v) is 2.19. The second-order valence-electron chi connectivity index (χ2n) is 5.05. The maximum absolute atomic E-state index is 11.9. The van der Waals surface area contributed by atoms with Crippen LogP contribution in [0.1, 0.15) is 34.1 Å². The Morgan fingerprint density at radius 2 is 1.59 bits per heavy atom. The lowest BCUT2D eigenvalue weighted by atomic mass is 9.99. The topological polar surface area (TPSA) is 61.8 Å². The van der Waals surface area contributed by atoms with Gasteiger partial charge in [-0.2, -0.15) is 0 Å². The zero-order valence-corrected chi connectivity index (χ0v) is 11.5. The molecule has 5 heteroatoms. The van der Waals surface area contributed by atoms with E-state index in [0.717, 1.165) is 0 Å². The molecule has 0 aliphatic rings. The number of carbonyl (C=O) groups is 2. The number of rotatable bonds is 6. The molecule has 0 aromatic rings. The van der Waals surface area contributed by atoms with Gasteiger partial charge in [0.2, 0.25) is 0 Å². The second-order valence-corrected chi connectivity index (χ2v) is 5.05. The third kappa shape index (κ3) is 5.79. The van der Waals surface area contributed by atoms with Crippen LogP contribution in [0, 0.1) is 0 Å². The maximum atomic E-state index is 11.9. The summed E-state index contributed by atoms with van der Waals surface area (Å²) in [5.41, 5.74) is -1.70. The fourth-order valence-corrected chi connectivity index (χ4v) is 1.22. The predicted molar refractivity (Wildman–Crippen MR) is 62.8 cm³/mol. The van der Waals surface area contributed by atoms with Gasteiger partial charge in [-0.15, -0.1) is 0 Å². The average Bonchev–Trinajstić information content (AvgIpc) is 2.14. The number of hydrogen-bond donors (Lipinski definition) is 0. The van der Waals surface area contributed by atoms with Crippen LogP contribution in [0.4, 0.5) is 0 Å². The van der Waals surface area contributed by atoms with Gasteiger partial charge < -0.3 is 14.2 Å². The van der Waals surface area contributed by atoms with E-state index in [4.69, 9.17) is 14.2 Å². The molecule has 17 heavy (non-hydrogen) atoms. The molecule has 0 rings (SSSR count). The van der Waals surface area contributed by atoms with Crippen molar-refractivity contribution in [1.29, 1.82) is 0 Å². The van der Waals surface area contributed by atoms with Gasteiger partial charge in [0.05, 0.1) is 6.61 Å². The van der Waals surface area contributed by atoms with Crippen molar-refractivity contribution in [3.8, 4) is 0 Å². The molecule has 0 heterocycles. The second kappa shape index (κ2) is 6.12. The monoisotopic (exact) mass is 246 g/mol. The Bertz CT molecular complexity index is 279. The van der Waals surface area contributed by atoms with Crippen molar-refractivity contribution in [2.24, 2.45) is 0 Å². The minimum atomic E-state index is -1.11. The molecule has 0 aliphatic heterocycles. The maximum Gasteiger partial charge on any atom is 0.313 e. The summed E-state index contributed by atoms with van der Waals surface area (Å²) in [5.74, 6) is -0.905. The number of esters is 1. The van der Waals surface area contributed by atoms with Crippen molar-refractivity contribution >= 4 is 11.8 Å². The molecule has 0 bridgehead atoms. The normalized spacial score (nSPS) is 15.2. The minimum Gasteiger partial charge on any atom is -0.460 e. The lowest BCUT2D eigenvalue weighted by Crippen LogP contribution is -2.43. The highest BCUT2D eigenvalue weighted by Crippen LogP contribution is 2.15. The molecule has 1 atom stereocenters. The summed E-state index contributed by atoms with van der Waals surface area (Å²) in [6, 6.07) is 0. The standard InChI is InChI=1S/C12H22O5/c1-11(2,3)17-10(14)7-9(13)12(4,16-6)8-15-5/h7-8H2,1-6H3/t12-/m1/s1. The molecular weight excluding hydrogens is 224 g/mol. The Morgan fingerprint density at radius 3 is 1.94 bits per heavy atom.